The normalized spacial score (nSPS) is 11.1. The fraction of sp³-hybridized carbons (Fsp3) is 0.357. The van der Waals surface area contributed by atoms with Gasteiger partial charge in [0.25, 0.3) is 0 Å². The number of nitrogens with zero attached hydrogens (tertiary/aromatic N) is 2. The van der Waals surface area contributed by atoms with Crippen molar-refractivity contribution in [2.75, 3.05) is 0 Å². The number of hydrogen-bond acceptors (Lipinski definition) is 2. The van der Waals surface area contributed by atoms with Gasteiger partial charge in [0, 0.05) is 28.2 Å². The molecule has 0 saturated carbocycles. The van der Waals surface area contributed by atoms with Crippen LogP contribution in [0, 0.1) is 0 Å². The molecule has 0 N–H and O–H groups in total. The van der Waals surface area contributed by atoms with E-state index in [1.165, 1.54) is 0 Å². The molecule has 0 aliphatic carbocycles. The zero-order valence-corrected chi connectivity index (χ0v) is 14.3. The Morgan fingerprint density at radius 3 is 2.70 bits per heavy atom. The van der Waals surface area contributed by atoms with Crippen molar-refractivity contribution in [1.82, 2.24) is 9.78 Å². The lowest BCUT2D eigenvalue weighted by atomic mass is 10.2. The van der Waals surface area contributed by atoms with Crippen molar-refractivity contribution in [3.63, 3.8) is 0 Å². The van der Waals surface area contributed by atoms with E-state index in [-0.39, 0.29) is 0 Å². The maximum absolute atomic E-state index is 6.18. The molecule has 108 valence electrons. The van der Waals surface area contributed by atoms with Crippen molar-refractivity contribution in [1.29, 1.82) is 0 Å². The van der Waals surface area contributed by atoms with E-state index in [0.29, 0.717) is 33.8 Å². The van der Waals surface area contributed by atoms with Gasteiger partial charge < -0.3 is 4.74 Å². The second-order valence-electron chi connectivity index (χ2n) is 4.68. The fourth-order valence-corrected chi connectivity index (χ4v) is 2.77. The van der Waals surface area contributed by atoms with Crippen LogP contribution >= 0.6 is 39.1 Å². The van der Waals surface area contributed by atoms with Gasteiger partial charge in [-0.3, -0.25) is 4.68 Å². The van der Waals surface area contributed by atoms with Gasteiger partial charge in [-0.25, -0.2) is 0 Å². The molecule has 0 aliphatic heterocycles. The van der Waals surface area contributed by atoms with Gasteiger partial charge in [-0.15, -0.1) is 0 Å². The van der Waals surface area contributed by atoms with Gasteiger partial charge in [0.15, 0.2) is 0 Å². The molecule has 0 spiro atoms. The van der Waals surface area contributed by atoms with Crippen LogP contribution in [0.1, 0.15) is 31.1 Å². The molecule has 1 heterocycles. The van der Waals surface area contributed by atoms with E-state index < -0.39 is 0 Å². The largest absolute Gasteiger partial charge is 0.485 e. The van der Waals surface area contributed by atoms with Crippen molar-refractivity contribution in [2.24, 2.45) is 0 Å². The number of halogens is 3. The fourth-order valence-electron chi connectivity index (χ4n) is 1.76. The van der Waals surface area contributed by atoms with Crippen LogP contribution in [0.5, 0.6) is 5.75 Å². The minimum atomic E-state index is 0.334. The lowest BCUT2D eigenvalue weighted by molar-refractivity contribution is 0.297. The van der Waals surface area contributed by atoms with Gasteiger partial charge in [-0.05, 0) is 32.0 Å². The highest BCUT2D eigenvalue weighted by molar-refractivity contribution is 9.08. The van der Waals surface area contributed by atoms with Crippen LogP contribution in [0.25, 0.3) is 0 Å². The van der Waals surface area contributed by atoms with Crippen LogP contribution in [0.2, 0.25) is 10.0 Å². The zero-order chi connectivity index (χ0) is 14.7. The lowest BCUT2D eigenvalue weighted by Crippen LogP contribution is -2.04. The van der Waals surface area contributed by atoms with Gasteiger partial charge in [0.2, 0.25) is 0 Å². The number of hydrogen-bond donors (Lipinski definition) is 0. The first-order chi connectivity index (χ1) is 9.51. The molecule has 1 aromatic heterocycles. The second-order valence-corrected chi connectivity index (χ2v) is 6.08. The molecule has 0 fully saturated rings. The number of rotatable bonds is 5. The maximum atomic E-state index is 6.18. The summed E-state index contributed by atoms with van der Waals surface area (Å²) in [5.74, 6) is 0.645. The van der Waals surface area contributed by atoms with Gasteiger partial charge in [0.05, 0.1) is 10.7 Å². The van der Waals surface area contributed by atoms with Crippen LogP contribution in [0.4, 0.5) is 0 Å². The van der Waals surface area contributed by atoms with E-state index in [0.717, 1.165) is 11.3 Å². The Balaban J connectivity index is 2.14. The van der Waals surface area contributed by atoms with E-state index in [1.54, 1.807) is 6.07 Å². The smallest absolute Gasteiger partial charge is 0.142 e. The summed E-state index contributed by atoms with van der Waals surface area (Å²) in [5.41, 5.74) is 1.79. The second kappa shape index (κ2) is 6.83. The first-order valence-electron chi connectivity index (χ1n) is 6.22. The molecule has 20 heavy (non-hydrogen) atoms. The van der Waals surface area contributed by atoms with Gasteiger partial charge >= 0.3 is 0 Å². The summed E-state index contributed by atoms with van der Waals surface area (Å²) in [4.78, 5) is 0. The van der Waals surface area contributed by atoms with Crippen molar-refractivity contribution < 1.29 is 4.74 Å². The quantitative estimate of drug-likeness (QED) is 0.665. The highest BCUT2D eigenvalue weighted by Gasteiger charge is 2.11. The van der Waals surface area contributed by atoms with Crippen LogP contribution < -0.4 is 4.74 Å². The van der Waals surface area contributed by atoms with E-state index in [1.807, 2.05) is 23.0 Å². The summed E-state index contributed by atoms with van der Waals surface area (Å²) in [7, 11) is 0. The van der Waals surface area contributed by atoms with Gasteiger partial charge in [-0.2, -0.15) is 5.10 Å². The SMILES string of the molecule is CC(C)n1ccc(COc2c(Cl)cc(Cl)cc2CBr)n1. The Labute approximate surface area is 137 Å². The number of alkyl halides is 1. The monoisotopic (exact) mass is 376 g/mol. The van der Waals surface area contributed by atoms with Crippen LogP contribution in [-0.4, -0.2) is 9.78 Å². The van der Waals surface area contributed by atoms with Crippen LogP contribution in [0.3, 0.4) is 0 Å². The third kappa shape index (κ3) is 3.68. The number of aromatic nitrogens is 2. The molecule has 0 saturated heterocycles. The first-order valence-corrected chi connectivity index (χ1v) is 8.09. The average molecular weight is 378 g/mol. The lowest BCUT2D eigenvalue weighted by Gasteiger charge is -2.11. The van der Waals surface area contributed by atoms with Gasteiger partial charge in [0.1, 0.15) is 12.4 Å². The number of ether oxygens (including phenoxy) is 1. The Hall–Kier alpha value is -0.710. The topological polar surface area (TPSA) is 27.1 Å². The molecule has 1 aromatic carbocycles. The molecule has 6 heteroatoms. The first kappa shape index (κ1) is 15.7. The van der Waals surface area contributed by atoms with E-state index in [2.05, 4.69) is 34.9 Å². The highest BCUT2D eigenvalue weighted by atomic mass is 79.9. The van der Waals surface area contributed by atoms with E-state index >= 15 is 0 Å². The molecule has 0 unspecified atom stereocenters. The zero-order valence-electron chi connectivity index (χ0n) is 11.2. The van der Waals surface area contributed by atoms with Crippen LogP contribution in [-0.2, 0) is 11.9 Å². The van der Waals surface area contributed by atoms with Crippen LogP contribution in [0.15, 0.2) is 24.4 Å². The summed E-state index contributed by atoms with van der Waals surface area (Å²) in [6, 6.07) is 5.79. The predicted molar refractivity (Wildman–Crippen MR) is 86.0 cm³/mol. The average Bonchev–Trinajstić information content (AvgIpc) is 2.85. The summed E-state index contributed by atoms with van der Waals surface area (Å²) in [6.07, 6.45) is 1.94. The Morgan fingerprint density at radius 1 is 1.35 bits per heavy atom. The summed E-state index contributed by atoms with van der Waals surface area (Å²) >= 11 is 15.6. The third-order valence-electron chi connectivity index (χ3n) is 2.79. The molecule has 2 aromatic rings. The Morgan fingerprint density at radius 2 is 2.10 bits per heavy atom. The molecule has 0 aliphatic rings. The molecule has 0 atom stereocenters. The third-order valence-corrected chi connectivity index (χ3v) is 3.89. The van der Waals surface area contributed by atoms with Gasteiger partial charge in [-0.1, -0.05) is 39.1 Å². The minimum absolute atomic E-state index is 0.334. The summed E-state index contributed by atoms with van der Waals surface area (Å²) in [5, 5.41) is 6.17. The highest BCUT2D eigenvalue weighted by Crippen LogP contribution is 2.34. The Bertz CT molecular complexity index is 599. The molecular weight excluding hydrogens is 363 g/mol. The molecular formula is C14H15BrCl2N2O. The van der Waals surface area contributed by atoms with Crippen molar-refractivity contribution >= 4 is 39.1 Å². The predicted octanol–water partition coefficient (Wildman–Crippen LogP) is 5.24. The summed E-state index contributed by atoms with van der Waals surface area (Å²) in [6.45, 7) is 4.54. The van der Waals surface area contributed by atoms with Crippen molar-refractivity contribution in [3.8, 4) is 5.75 Å². The molecule has 0 radical (unpaired) electrons. The summed E-state index contributed by atoms with van der Waals surface area (Å²) < 4.78 is 7.69. The van der Waals surface area contributed by atoms with E-state index in [9.17, 15) is 0 Å². The molecule has 3 nitrogen and oxygen atoms in total. The molecule has 0 amide bonds. The Kier molecular flexibility index (Phi) is 5.35. The van der Waals surface area contributed by atoms with E-state index in [4.69, 9.17) is 27.9 Å². The molecule has 2 rings (SSSR count). The standard InChI is InChI=1S/C14H15BrCl2N2O/c1-9(2)19-4-3-12(18-19)8-20-14-10(7-15)5-11(16)6-13(14)17/h3-6,9H,7-8H2,1-2H3. The number of benzene rings is 1. The van der Waals surface area contributed by atoms with Crippen molar-refractivity contribution in [2.45, 2.75) is 31.8 Å². The minimum Gasteiger partial charge on any atom is -0.485 e. The van der Waals surface area contributed by atoms with Crippen molar-refractivity contribution in [3.05, 3.63) is 45.7 Å². The maximum Gasteiger partial charge on any atom is 0.142 e. The molecule has 0 bridgehead atoms.